The molecule has 0 saturated heterocycles. The van der Waals surface area contributed by atoms with E-state index < -0.39 is 0 Å². The SMILES string of the molecule is CCNC(C)c1ccnc(Sc2nnc(SC)s2)c1. The molecule has 0 bridgehead atoms. The van der Waals surface area contributed by atoms with Crippen molar-refractivity contribution in [1.29, 1.82) is 0 Å². The third-order valence-electron chi connectivity index (χ3n) is 2.52. The van der Waals surface area contributed by atoms with Crippen molar-refractivity contribution >= 4 is 34.9 Å². The fourth-order valence-corrected chi connectivity index (χ4v) is 3.98. The number of pyridine rings is 1. The van der Waals surface area contributed by atoms with E-state index in [4.69, 9.17) is 0 Å². The zero-order valence-electron chi connectivity index (χ0n) is 11.1. The molecule has 102 valence electrons. The van der Waals surface area contributed by atoms with E-state index >= 15 is 0 Å². The fourth-order valence-electron chi connectivity index (χ4n) is 1.58. The van der Waals surface area contributed by atoms with Gasteiger partial charge in [0.1, 0.15) is 5.03 Å². The third kappa shape index (κ3) is 4.17. The van der Waals surface area contributed by atoms with Crippen molar-refractivity contribution in [2.75, 3.05) is 12.8 Å². The summed E-state index contributed by atoms with van der Waals surface area (Å²) in [6, 6.07) is 4.49. The van der Waals surface area contributed by atoms with Crippen molar-refractivity contribution in [2.24, 2.45) is 0 Å². The lowest BCUT2D eigenvalue weighted by atomic mass is 10.1. The van der Waals surface area contributed by atoms with Crippen molar-refractivity contribution in [3.63, 3.8) is 0 Å². The summed E-state index contributed by atoms with van der Waals surface area (Å²) in [5.41, 5.74) is 1.24. The van der Waals surface area contributed by atoms with Crippen LogP contribution in [-0.4, -0.2) is 28.0 Å². The van der Waals surface area contributed by atoms with Gasteiger partial charge in [-0.25, -0.2) is 4.98 Å². The van der Waals surface area contributed by atoms with Crippen molar-refractivity contribution < 1.29 is 0 Å². The van der Waals surface area contributed by atoms with Crippen molar-refractivity contribution in [3.05, 3.63) is 23.9 Å². The number of nitrogens with one attached hydrogen (secondary N) is 1. The van der Waals surface area contributed by atoms with E-state index in [2.05, 4.69) is 40.4 Å². The standard InChI is InChI=1S/C12H16N4S3/c1-4-13-8(2)9-5-6-14-10(7-9)18-12-16-15-11(17-3)19-12/h5-8,13H,4H2,1-3H3. The highest BCUT2D eigenvalue weighted by molar-refractivity contribution is 8.02. The van der Waals surface area contributed by atoms with Crippen LogP contribution in [0.4, 0.5) is 0 Å². The Kier molecular flexibility index (Phi) is 5.62. The first kappa shape index (κ1) is 14.8. The molecule has 0 spiro atoms. The summed E-state index contributed by atoms with van der Waals surface area (Å²) in [4.78, 5) is 4.38. The first-order chi connectivity index (χ1) is 9.22. The maximum atomic E-state index is 4.38. The van der Waals surface area contributed by atoms with E-state index in [0.717, 1.165) is 20.3 Å². The second-order valence-corrected chi connectivity index (χ2v) is 7.15. The molecule has 0 saturated carbocycles. The lowest BCUT2D eigenvalue weighted by Crippen LogP contribution is -2.17. The first-order valence-electron chi connectivity index (χ1n) is 5.97. The van der Waals surface area contributed by atoms with E-state index in [1.807, 2.05) is 18.5 Å². The molecular formula is C12H16N4S3. The van der Waals surface area contributed by atoms with Gasteiger partial charge >= 0.3 is 0 Å². The van der Waals surface area contributed by atoms with Gasteiger partial charge in [0.25, 0.3) is 0 Å². The number of hydrogen-bond acceptors (Lipinski definition) is 7. The maximum absolute atomic E-state index is 4.38. The molecule has 0 aliphatic rings. The molecule has 2 rings (SSSR count). The summed E-state index contributed by atoms with van der Waals surface area (Å²) in [5, 5.41) is 12.6. The lowest BCUT2D eigenvalue weighted by Gasteiger charge is -2.12. The van der Waals surface area contributed by atoms with Crippen molar-refractivity contribution in [3.8, 4) is 0 Å². The molecule has 2 heterocycles. The zero-order chi connectivity index (χ0) is 13.7. The number of aromatic nitrogens is 3. The average Bonchev–Trinajstić information content (AvgIpc) is 2.87. The molecule has 0 radical (unpaired) electrons. The van der Waals surface area contributed by atoms with Crippen LogP contribution in [0.3, 0.4) is 0 Å². The minimum absolute atomic E-state index is 0.337. The van der Waals surface area contributed by atoms with Gasteiger partial charge < -0.3 is 5.32 Å². The van der Waals surface area contributed by atoms with Crippen molar-refractivity contribution in [2.45, 2.75) is 33.6 Å². The zero-order valence-corrected chi connectivity index (χ0v) is 13.5. The Hall–Kier alpha value is -0.630. The van der Waals surface area contributed by atoms with E-state index in [0.29, 0.717) is 6.04 Å². The largest absolute Gasteiger partial charge is 0.310 e. The van der Waals surface area contributed by atoms with Crippen LogP contribution in [0.1, 0.15) is 25.5 Å². The van der Waals surface area contributed by atoms with Crippen molar-refractivity contribution in [1.82, 2.24) is 20.5 Å². The summed E-state index contributed by atoms with van der Waals surface area (Å²) >= 11 is 4.78. The lowest BCUT2D eigenvalue weighted by molar-refractivity contribution is 0.596. The van der Waals surface area contributed by atoms with Crippen LogP contribution in [0.15, 0.2) is 32.0 Å². The topological polar surface area (TPSA) is 50.7 Å². The molecule has 0 aromatic carbocycles. The molecule has 0 aliphatic heterocycles. The molecule has 1 unspecified atom stereocenters. The van der Waals surface area contributed by atoms with Crippen LogP contribution in [0.5, 0.6) is 0 Å². The molecule has 2 aromatic rings. The normalized spacial score (nSPS) is 12.6. The molecule has 1 N–H and O–H groups in total. The van der Waals surface area contributed by atoms with Gasteiger partial charge in [0.05, 0.1) is 0 Å². The molecule has 0 fully saturated rings. The Morgan fingerprint density at radius 2 is 2.16 bits per heavy atom. The van der Waals surface area contributed by atoms with Crippen LogP contribution in [-0.2, 0) is 0 Å². The predicted molar refractivity (Wildman–Crippen MR) is 82.1 cm³/mol. The Morgan fingerprint density at radius 3 is 2.84 bits per heavy atom. The van der Waals surface area contributed by atoms with Gasteiger partial charge in [-0.1, -0.05) is 30.0 Å². The van der Waals surface area contributed by atoms with Crippen LogP contribution in [0.25, 0.3) is 0 Å². The van der Waals surface area contributed by atoms with Crippen LogP contribution in [0.2, 0.25) is 0 Å². The molecule has 0 aliphatic carbocycles. The third-order valence-corrected chi connectivity index (χ3v) is 5.41. The first-order valence-corrected chi connectivity index (χ1v) is 8.83. The van der Waals surface area contributed by atoms with Crippen LogP contribution in [0, 0.1) is 0 Å². The number of hydrogen-bond donors (Lipinski definition) is 1. The quantitative estimate of drug-likeness (QED) is 0.824. The van der Waals surface area contributed by atoms with Gasteiger partial charge in [0.2, 0.25) is 0 Å². The van der Waals surface area contributed by atoms with Gasteiger partial charge in [0, 0.05) is 12.2 Å². The van der Waals surface area contributed by atoms with Gasteiger partial charge in [-0.05, 0) is 49.2 Å². The second-order valence-electron chi connectivity index (χ2n) is 3.85. The fraction of sp³-hybridized carbons (Fsp3) is 0.417. The van der Waals surface area contributed by atoms with E-state index in [1.54, 1.807) is 34.9 Å². The minimum Gasteiger partial charge on any atom is -0.310 e. The van der Waals surface area contributed by atoms with Crippen LogP contribution < -0.4 is 5.32 Å². The number of rotatable bonds is 6. The van der Waals surface area contributed by atoms with E-state index in [1.165, 1.54) is 5.56 Å². The Morgan fingerprint density at radius 1 is 1.37 bits per heavy atom. The molecular weight excluding hydrogens is 296 g/mol. The molecule has 4 nitrogen and oxygen atoms in total. The second kappa shape index (κ2) is 7.23. The van der Waals surface area contributed by atoms with Gasteiger partial charge in [0.15, 0.2) is 8.68 Å². The highest BCUT2D eigenvalue weighted by atomic mass is 32.2. The van der Waals surface area contributed by atoms with Gasteiger partial charge in [-0.2, -0.15) is 0 Å². The van der Waals surface area contributed by atoms with E-state index in [-0.39, 0.29) is 0 Å². The summed E-state index contributed by atoms with van der Waals surface area (Å²) in [5.74, 6) is 0. The molecule has 7 heteroatoms. The van der Waals surface area contributed by atoms with Crippen LogP contribution >= 0.6 is 34.9 Å². The summed E-state index contributed by atoms with van der Waals surface area (Å²) < 4.78 is 1.92. The predicted octanol–water partition coefficient (Wildman–Crippen LogP) is 3.48. The number of thioether (sulfide) groups is 1. The summed E-state index contributed by atoms with van der Waals surface area (Å²) in [6.07, 6.45) is 3.86. The molecule has 19 heavy (non-hydrogen) atoms. The highest BCUT2D eigenvalue weighted by Gasteiger charge is 2.09. The Bertz CT molecular complexity index is 529. The molecule has 2 aromatic heterocycles. The molecule has 1 atom stereocenters. The maximum Gasteiger partial charge on any atom is 0.181 e. The van der Waals surface area contributed by atoms with Gasteiger partial charge in [-0.3, -0.25) is 0 Å². The number of nitrogens with zero attached hydrogens (tertiary/aromatic N) is 3. The Labute approximate surface area is 125 Å². The highest BCUT2D eigenvalue weighted by Crippen LogP contribution is 2.32. The average molecular weight is 312 g/mol. The monoisotopic (exact) mass is 312 g/mol. The molecule has 0 amide bonds. The van der Waals surface area contributed by atoms with E-state index in [9.17, 15) is 0 Å². The smallest absolute Gasteiger partial charge is 0.181 e. The summed E-state index contributed by atoms with van der Waals surface area (Å²) in [7, 11) is 0. The summed E-state index contributed by atoms with van der Waals surface area (Å²) in [6.45, 7) is 5.22. The minimum atomic E-state index is 0.337. The Balaban J connectivity index is 2.10. The van der Waals surface area contributed by atoms with Gasteiger partial charge in [-0.15, -0.1) is 10.2 Å².